The van der Waals surface area contributed by atoms with Gasteiger partial charge >= 0.3 is 0 Å². The monoisotopic (exact) mass is 97.1 g/mol. The van der Waals surface area contributed by atoms with Crippen LogP contribution in [-0.2, 0) is 0 Å². The molecule has 0 aromatic rings. The summed E-state index contributed by atoms with van der Waals surface area (Å²) in [5.74, 6) is 0.838. The summed E-state index contributed by atoms with van der Waals surface area (Å²) in [6, 6.07) is 0. The van der Waals surface area contributed by atoms with Crippen LogP contribution in [0.5, 0.6) is 0 Å². The van der Waals surface area contributed by atoms with Gasteiger partial charge in [0.25, 0.3) is 0 Å². The molecule has 0 fully saturated rings. The zero-order valence-electron chi connectivity index (χ0n) is 4.65. The van der Waals surface area contributed by atoms with Gasteiger partial charge in [0.1, 0.15) is 0 Å². The highest BCUT2D eigenvalue weighted by atomic mass is 14.8. The number of hydrogen-bond acceptors (Lipinski definition) is 1. The van der Waals surface area contributed by atoms with E-state index < -0.39 is 0 Å². The number of allylic oxidation sites excluding steroid dienone is 1. The third kappa shape index (κ3) is 1.22. The Hall–Kier alpha value is -0.460. The number of hydrogen-bond donors (Lipinski definition) is 1. The molecule has 0 amide bonds. The van der Waals surface area contributed by atoms with E-state index in [9.17, 15) is 0 Å². The first-order chi connectivity index (χ1) is 3.39. The summed E-state index contributed by atoms with van der Waals surface area (Å²) in [4.78, 5) is 0. The van der Waals surface area contributed by atoms with E-state index in [-0.39, 0.29) is 0 Å². The minimum atomic E-state index is 0.838. The zero-order valence-corrected chi connectivity index (χ0v) is 4.65. The second-order valence-corrected chi connectivity index (χ2v) is 2.15. The second kappa shape index (κ2) is 2.01. The van der Waals surface area contributed by atoms with E-state index in [1.165, 1.54) is 6.42 Å². The molecule has 1 aliphatic rings. The maximum absolute atomic E-state index is 3.15. The quantitative estimate of drug-likeness (QED) is 0.477. The molecule has 1 nitrogen and oxygen atoms in total. The Bertz CT molecular complexity index is 76.2. The van der Waals surface area contributed by atoms with Crippen LogP contribution in [0.1, 0.15) is 13.3 Å². The summed E-state index contributed by atoms with van der Waals surface area (Å²) < 4.78 is 0. The van der Waals surface area contributed by atoms with Crippen LogP contribution in [0, 0.1) is 5.92 Å². The van der Waals surface area contributed by atoms with Crippen molar-refractivity contribution in [3.63, 3.8) is 0 Å². The van der Waals surface area contributed by atoms with Crippen molar-refractivity contribution in [2.45, 2.75) is 13.3 Å². The molecule has 1 heterocycles. The van der Waals surface area contributed by atoms with Gasteiger partial charge in [0, 0.05) is 6.54 Å². The highest BCUT2D eigenvalue weighted by Gasteiger charge is 1.99. The SMILES string of the molecule is CC1CC=CNC1. The predicted molar refractivity (Wildman–Crippen MR) is 30.9 cm³/mol. The van der Waals surface area contributed by atoms with Crippen molar-refractivity contribution in [2.24, 2.45) is 5.92 Å². The van der Waals surface area contributed by atoms with Gasteiger partial charge in [0.15, 0.2) is 0 Å². The Labute approximate surface area is 44.4 Å². The molecule has 0 saturated carbocycles. The van der Waals surface area contributed by atoms with Crippen LogP contribution < -0.4 is 5.32 Å². The lowest BCUT2D eigenvalue weighted by molar-refractivity contribution is 0.541. The van der Waals surface area contributed by atoms with Crippen LogP contribution in [0.25, 0.3) is 0 Å². The summed E-state index contributed by atoms with van der Waals surface area (Å²) in [5, 5.41) is 3.15. The Balaban J connectivity index is 2.32. The summed E-state index contributed by atoms with van der Waals surface area (Å²) >= 11 is 0. The van der Waals surface area contributed by atoms with Crippen molar-refractivity contribution in [3.05, 3.63) is 12.3 Å². The predicted octanol–water partition coefficient (Wildman–Crippen LogP) is 1.13. The number of rotatable bonds is 0. The molecule has 0 aromatic carbocycles. The first kappa shape index (κ1) is 4.69. The van der Waals surface area contributed by atoms with Crippen LogP contribution in [0.2, 0.25) is 0 Å². The van der Waals surface area contributed by atoms with E-state index in [1.807, 2.05) is 6.20 Å². The zero-order chi connectivity index (χ0) is 5.11. The van der Waals surface area contributed by atoms with Crippen molar-refractivity contribution in [3.8, 4) is 0 Å². The third-order valence-electron chi connectivity index (χ3n) is 1.24. The molecule has 1 rings (SSSR count). The number of nitrogens with one attached hydrogen (secondary N) is 1. The van der Waals surface area contributed by atoms with E-state index in [4.69, 9.17) is 0 Å². The third-order valence-corrected chi connectivity index (χ3v) is 1.24. The van der Waals surface area contributed by atoms with Crippen molar-refractivity contribution in [2.75, 3.05) is 6.54 Å². The van der Waals surface area contributed by atoms with E-state index in [0.717, 1.165) is 12.5 Å². The second-order valence-electron chi connectivity index (χ2n) is 2.15. The van der Waals surface area contributed by atoms with Crippen LogP contribution >= 0.6 is 0 Å². The normalized spacial score (nSPS) is 29.6. The molecule has 1 heteroatoms. The summed E-state index contributed by atoms with van der Waals surface area (Å²) in [6.45, 7) is 3.40. The summed E-state index contributed by atoms with van der Waals surface area (Å²) in [7, 11) is 0. The van der Waals surface area contributed by atoms with Gasteiger partial charge in [-0.15, -0.1) is 0 Å². The van der Waals surface area contributed by atoms with E-state index in [0.29, 0.717) is 0 Å². The average Bonchev–Trinajstić information content (AvgIpc) is 1.69. The fourth-order valence-corrected chi connectivity index (χ4v) is 0.736. The fraction of sp³-hybridized carbons (Fsp3) is 0.667. The van der Waals surface area contributed by atoms with Crippen LogP contribution in [-0.4, -0.2) is 6.54 Å². The van der Waals surface area contributed by atoms with Gasteiger partial charge in [0.05, 0.1) is 0 Å². The Morgan fingerprint density at radius 1 is 1.71 bits per heavy atom. The van der Waals surface area contributed by atoms with Gasteiger partial charge in [-0.2, -0.15) is 0 Å². The van der Waals surface area contributed by atoms with Gasteiger partial charge in [0.2, 0.25) is 0 Å². The van der Waals surface area contributed by atoms with Crippen molar-refractivity contribution in [1.29, 1.82) is 0 Å². The van der Waals surface area contributed by atoms with Gasteiger partial charge in [-0.3, -0.25) is 0 Å². The van der Waals surface area contributed by atoms with Crippen LogP contribution in [0.15, 0.2) is 12.3 Å². The lowest BCUT2D eigenvalue weighted by Crippen LogP contribution is -2.18. The summed E-state index contributed by atoms with van der Waals surface area (Å²) in [5.41, 5.74) is 0. The molecule has 0 bridgehead atoms. The molecule has 0 aliphatic carbocycles. The smallest absolute Gasteiger partial charge is 0.0170 e. The molecular formula is C6H11N. The molecule has 0 spiro atoms. The molecule has 1 aliphatic heterocycles. The van der Waals surface area contributed by atoms with E-state index >= 15 is 0 Å². The van der Waals surface area contributed by atoms with E-state index in [1.54, 1.807) is 0 Å². The molecule has 1 unspecified atom stereocenters. The minimum absolute atomic E-state index is 0.838. The maximum atomic E-state index is 3.15. The molecule has 0 radical (unpaired) electrons. The summed E-state index contributed by atoms with van der Waals surface area (Å²) in [6.07, 6.45) is 5.45. The first-order valence-corrected chi connectivity index (χ1v) is 2.78. The fourth-order valence-electron chi connectivity index (χ4n) is 0.736. The minimum Gasteiger partial charge on any atom is -0.391 e. The highest BCUT2D eigenvalue weighted by molar-refractivity contribution is 4.87. The lowest BCUT2D eigenvalue weighted by atomic mass is 10.1. The van der Waals surface area contributed by atoms with Gasteiger partial charge in [-0.05, 0) is 18.5 Å². The van der Waals surface area contributed by atoms with Crippen LogP contribution in [0.3, 0.4) is 0 Å². The van der Waals surface area contributed by atoms with Crippen molar-refractivity contribution in [1.82, 2.24) is 5.32 Å². The Morgan fingerprint density at radius 3 is 2.86 bits per heavy atom. The molecule has 0 saturated heterocycles. The largest absolute Gasteiger partial charge is 0.391 e. The molecule has 1 N–H and O–H groups in total. The Morgan fingerprint density at radius 2 is 2.57 bits per heavy atom. The lowest BCUT2D eigenvalue weighted by Gasteiger charge is -2.12. The van der Waals surface area contributed by atoms with Gasteiger partial charge in [-0.25, -0.2) is 0 Å². The van der Waals surface area contributed by atoms with Crippen molar-refractivity contribution >= 4 is 0 Å². The molecule has 1 atom stereocenters. The van der Waals surface area contributed by atoms with Gasteiger partial charge in [-0.1, -0.05) is 13.0 Å². The first-order valence-electron chi connectivity index (χ1n) is 2.78. The maximum Gasteiger partial charge on any atom is 0.0170 e. The Kier molecular flexibility index (Phi) is 1.35. The topological polar surface area (TPSA) is 12.0 Å². The highest BCUT2D eigenvalue weighted by Crippen LogP contribution is 2.03. The molecular weight excluding hydrogens is 86.1 g/mol. The van der Waals surface area contributed by atoms with Crippen molar-refractivity contribution < 1.29 is 0 Å². The average molecular weight is 97.2 g/mol. The van der Waals surface area contributed by atoms with Gasteiger partial charge < -0.3 is 5.32 Å². The van der Waals surface area contributed by atoms with E-state index in [2.05, 4.69) is 18.3 Å². The molecule has 0 aromatic heterocycles. The standard InChI is InChI=1S/C6H11N/c1-6-3-2-4-7-5-6/h2,4,6-7H,3,5H2,1H3. The van der Waals surface area contributed by atoms with Crippen LogP contribution in [0.4, 0.5) is 0 Å². The molecule has 7 heavy (non-hydrogen) atoms. The molecule has 40 valence electrons.